The van der Waals surface area contributed by atoms with Crippen molar-refractivity contribution in [2.45, 2.75) is 19.4 Å². The molecule has 1 N–H and O–H groups in total. The summed E-state index contributed by atoms with van der Waals surface area (Å²) in [5, 5.41) is 4.67. The number of para-hydroxylation sites is 1. The molecule has 0 amide bonds. The minimum Gasteiger partial charge on any atom is -0.310 e. The van der Waals surface area contributed by atoms with Crippen LogP contribution in [0, 0.1) is 0 Å². The lowest BCUT2D eigenvalue weighted by Crippen LogP contribution is -2.19. The third-order valence-electron chi connectivity index (χ3n) is 3.43. The summed E-state index contributed by atoms with van der Waals surface area (Å²) >= 11 is 1.77. The summed E-state index contributed by atoms with van der Waals surface area (Å²) in [6.07, 6.45) is 0. The van der Waals surface area contributed by atoms with Crippen LogP contribution in [0.1, 0.15) is 23.4 Å². The molecule has 0 fully saturated rings. The second kappa shape index (κ2) is 6.16. The van der Waals surface area contributed by atoms with Crippen molar-refractivity contribution in [1.29, 1.82) is 0 Å². The highest BCUT2D eigenvalue weighted by Crippen LogP contribution is 2.21. The van der Waals surface area contributed by atoms with Crippen LogP contribution < -0.4 is 5.32 Å². The van der Waals surface area contributed by atoms with Gasteiger partial charge in [-0.25, -0.2) is 4.98 Å². The first-order chi connectivity index (χ1) is 9.83. The summed E-state index contributed by atoms with van der Waals surface area (Å²) < 4.78 is 1.26. The highest BCUT2D eigenvalue weighted by Gasteiger charge is 2.06. The van der Waals surface area contributed by atoms with Gasteiger partial charge in [-0.2, -0.15) is 0 Å². The van der Waals surface area contributed by atoms with E-state index in [1.807, 2.05) is 6.07 Å². The van der Waals surface area contributed by atoms with Gasteiger partial charge in [0.2, 0.25) is 0 Å². The van der Waals surface area contributed by atoms with E-state index >= 15 is 0 Å². The topological polar surface area (TPSA) is 24.9 Å². The molecular formula is C17H18N2S. The number of benzene rings is 2. The maximum atomic E-state index is 4.64. The van der Waals surface area contributed by atoms with E-state index in [9.17, 15) is 0 Å². The number of hydrogen-bond donors (Lipinski definition) is 1. The van der Waals surface area contributed by atoms with Gasteiger partial charge >= 0.3 is 0 Å². The third kappa shape index (κ3) is 3.06. The summed E-state index contributed by atoms with van der Waals surface area (Å²) in [5.41, 5.74) is 2.48. The van der Waals surface area contributed by atoms with E-state index in [0.29, 0.717) is 5.92 Å². The molecule has 3 heteroatoms. The van der Waals surface area contributed by atoms with E-state index in [2.05, 4.69) is 65.8 Å². The van der Waals surface area contributed by atoms with Crippen molar-refractivity contribution in [3.8, 4) is 0 Å². The summed E-state index contributed by atoms with van der Waals surface area (Å²) in [5.74, 6) is 0.519. The van der Waals surface area contributed by atoms with Crippen LogP contribution in [-0.4, -0.2) is 11.5 Å². The molecule has 20 heavy (non-hydrogen) atoms. The van der Waals surface area contributed by atoms with Crippen molar-refractivity contribution >= 4 is 21.6 Å². The lowest BCUT2D eigenvalue weighted by Gasteiger charge is -2.12. The molecule has 0 saturated carbocycles. The van der Waals surface area contributed by atoms with Crippen LogP contribution >= 0.6 is 11.3 Å². The average Bonchev–Trinajstić information content (AvgIpc) is 2.90. The number of fused-ring (bicyclic) bond motifs is 1. The normalized spacial score (nSPS) is 12.7. The second-order valence-corrected chi connectivity index (χ2v) is 6.13. The molecule has 1 aromatic heterocycles. The fourth-order valence-electron chi connectivity index (χ4n) is 2.29. The Morgan fingerprint density at radius 3 is 2.60 bits per heavy atom. The lowest BCUT2D eigenvalue weighted by atomic mass is 10.0. The van der Waals surface area contributed by atoms with E-state index in [4.69, 9.17) is 0 Å². The fourth-order valence-corrected chi connectivity index (χ4v) is 3.23. The van der Waals surface area contributed by atoms with Crippen LogP contribution in [0.3, 0.4) is 0 Å². The number of rotatable bonds is 5. The van der Waals surface area contributed by atoms with Crippen LogP contribution in [0.5, 0.6) is 0 Å². The Kier molecular flexibility index (Phi) is 4.09. The Balaban J connectivity index is 1.57. The molecule has 0 aliphatic rings. The van der Waals surface area contributed by atoms with Crippen LogP contribution in [0.2, 0.25) is 0 Å². The van der Waals surface area contributed by atoms with Crippen molar-refractivity contribution in [1.82, 2.24) is 10.3 Å². The molecule has 0 radical (unpaired) electrons. The summed E-state index contributed by atoms with van der Waals surface area (Å²) in [4.78, 5) is 4.64. The van der Waals surface area contributed by atoms with Gasteiger partial charge in [0.1, 0.15) is 5.01 Å². The average molecular weight is 282 g/mol. The largest absolute Gasteiger partial charge is 0.310 e. The SMILES string of the molecule is CC(CNCc1nc2ccccc2s1)c1ccccc1. The van der Waals surface area contributed by atoms with Crippen LogP contribution in [0.25, 0.3) is 10.2 Å². The van der Waals surface area contributed by atoms with Gasteiger partial charge in [0, 0.05) is 13.1 Å². The highest BCUT2D eigenvalue weighted by molar-refractivity contribution is 7.18. The zero-order chi connectivity index (χ0) is 13.8. The molecule has 3 rings (SSSR count). The molecular weight excluding hydrogens is 264 g/mol. The van der Waals surface area contributed by atoms with Gasteiger partial charge in [0.25, 0.3) is 0 Å². The van der Waals surface area contributed by atoms with Gasteiger partial charge in [0.05, 0.1) is 10.2 Å². The van der Waals surface area contributed by atoms with Crippen molar-refractivity contribution in [2.24, 2.45) is 0 Å². The van der Waals surface area contributed by atoms with Gasteiger partial charge in [-0.05, 0) is 23.6 Å². The van der Waals surface area contributed by atoms with E-state index < -0.39 is 0 Å². The maximum Gasteiger partial charge on any atom is 0.108 e. The molecule has 0 aliphatic heterocycles. The zero-order valence-corrected chi connectivity index (χ0v) is 12.4. The minimum atomic E-state index is 0.519. The molecule has 2 nitrogen and oxygen atoms in total. The molecule has 3 aromatic rings. The summed E-state index contributed by atoms with van der Waals surface area (Å²) in [6.45, 7) is 4.07. The molecule has 0 bridgehead atoms. The number of nitrogens with zero attached hydrogens (tertiary/aromatic N) is 1. The molecule has 0 saturated heterocycles. The molecule has 1 unspecified atom stereocenters. The van der Waals surface area contributed by atoms with Gasteiger partial charge < -0.3 is 5.32 Å². The smallest absolute Gasteiger partial charge is 0.108 e. The van der Waals surface area contributed by atoms with Gasteiger partial charge in [-0.3, -0.25) is 0 Å². The first-order valence-electron chi connectivity index (χ1n) is 6.93. The zero-order valence-electron chi connectivity index (χ0n) is 11.5. The fraction of sp³-hybridized carbons (Fsp3) is 0.235. The maximum absolute atomic E-state index is 4.64. The molecule has 2 aromatic carbocycles. The van der Waals surface area contributed by atoms with Gasteiger partial charge in [-0.1, -0.05) is 49.4 Å². The minimum absolute atomic E-state index is 0.519. The Morgan fingerprint density at radius 2 is 1.80 bits per heavy atom. The Labute approximate surface area is 123 Å². The molecule has 102 valence electrons. The third-order valence-corrected chi connectivity index (χ3v) is 4.47. The molecule has 0 aliphatic carbocycles. The molecule has 1 atom stereocenters. The monoisotopic (exact) mass is 282 g/mol. The predicted octanol–water partition coefficient (Wildman–Crippen LogP) is 4.19. The first kappa shape index (κ1) is 13.3. The van der Waals surface area contributed by atoms with Crippen LogP contribution in [0.15, 0.2) is 54.6 Å². The molecule has 0 spiro atoms. The number of nitrogens with one attached hydrogen (secondary N) is 1. The highest BCUT2D eigenvalue weighted by atomic mass is 32.1. The van der Waals surface area contributed by atoms with Crippen molar-refractivity contribution in [2.75, 3.05) is 6.54 Å². The summed E-state index contributed by atoms with van der Waals surface area (Å²) in [6, 6.07) is 18.9. The van der Waals surface area contributed by atoms with E-state index in [1.165, 1.54) is 10.3 Å². The van der Waals surface area contributed by atoms with Crippen molar-refractivity contribution < 1.29 is 0 Å². The standard InChI is InChI=1S/C17H18N2S/c1-13(14-7-3-2-4-8-14)11-18-12-17-19-15-9-5-6-10-16(15)20-17/h2-10,13,18H,11-12H2,1H3. The Hall–Kier alpha value is -1.71. The van der Waals surface area contributed by atoms with Gasteiger partial charge in [0.15, 0.2) is 0 Å². The number of hydrogen-bond acceptors (Lipinski definition) is 3. The lowest BCUT2D eigenvalue weighted by molar-refractivity contribution is 0.614. The van der Waals surface area contributed by atoms with Crippen molar-refractivity contribution in [3.63, 3.8) is 0 Å². The van der Waals surface area contributed by atoms with E-state index in [-0.39, 0.29) is 0 Å². The number of thiazole rings is 1. The first-order valence-corrected chi connectivity index (χ1v) is 7.74. The van der Waals surface area contributed by atoms with E-state index in [0.717, 1.165) is 23.6 Å². The van der Waals surface area contributed by atoms with Crippen LogP contribution in [-0.2, 0) is 6.54 Å². The Morgan fingerprint density at radius 1 is 1.05 bits per heavy atom. The number of aromatic nitrogens is 1. The van der Waals surface area contributed by atoms with Crippen molar-refractivity contribution in [3.05, 3.63) is 65.2 Å². The second-order valence-electron chi connectivity index (χ2n) is 5.02. The Bertz CT molecular complexity index is 643. The predicted molar refractivity (Wildman–Crippen MR) is 86.2 cm³/mol. The van der Waals surface area contributed by atoms with E-state index in [1.54, 1.807) is 11.3 Å². The van der Waals surface area contributed by atoms with Crippen LogP contribution in [0.4, 0.5) is 0 Å². The summed E-state index contributed by atoms with van der Waals surface area (Å²) in [7, 11) is 0. The molecule has 1 heterocycles. The van der Waals surface area contributed by atoms with Gasteiger partial charge in [-0.15, -0.1) is 11.3 Å². The quantitative estimate of drug-likeness (QED) is 0.759.